The highest BCUT2D eigenvalue weighted by atomic mass is 16.4. The van der Waals surface area contributed by atoms with Crippen molar-refractivity contribution in [1.29, 1.82) is 0 Å². The lowest BCUT2D eigenvalue weighted by atomic mass is 9.84. The van der Waals surface area contributed by atoms with Crippen molar-refractivity contribution in [2.45, 2.75) is 58.4 Å². The van der Waals surface area contributed by atoms with E-state index < -0.39 is 5.97 Å². The van der Waals surface area contributed by atoms with Crippen molar-refractivity contribution in [3.8, 4) is 0 Å². The number of aliphatic carboxylic acids is 1. The quantitative estimate of drug-likeness (QED) is 0.846. The van der Waals surface area contributed by atoms with Crippen LogP contribution in [0.4, 0.5) is 4.79 Å². The molecule has 2 fully saturated rings. The Kier molecular flexibility index (Phi) is 4.55. The minimum absolute atomic E-state index is 0.0451. The fourth-order valence-electron chi connectivity index (χ4n) is 3.43. The predicted octanol–water partition coefficient (Wildman–Crippen LogP) is 2.56. The monoisotopic (exact) mass is 282 g/mol. The molecule has 0 bridgehead atoms. The molecule has 2 saturated heterocycles. The van der Waals surface area contributed by atoms with Gasteiger partial charge in [-0.15, -0.1) is 0 Å². The van der Waals surface area contributed by atoms with E-state index >= 15 is 0 Å². The van der Waals surface area contributed by atoms with Gasteiger partial charge in [-0.05, 0) is 37.5 Å². The topological polar surface area (TPSA) is 60.9 Å². The van der Waals surface area contributed by atoms with Crippen molar-refractivity contribution >= 4 is 12.0 Å². The number of piperidine rings is 2. The van der Waals surface area contributed by atoms with Crippen LogP contribution < -0.4 is 0 Å². The molecular formula is C15H26N2O3. The van der Waals surface area contributed by atoms with Crippen LogP contribution in [0.25, 0.3) is 0 Å². The summed E-state index contributed by atoms with van der Waals surface area (Å²) >= 11 is 0. The summed E-state index contributed by atoms with van der Waals surface area (Å²) in [6.45, 7) is 6.67. The van der Waals surface area contributed by atoms with Crippen molar-refractivity contribution in [3.63, 3.8) is 0 Å². The third-order valence-corrected chi connectivity index (χ3v) is 4.45. The highest BCUT2D eigenvalue weighted by Gasteiger charge is 2.35. The Balaban J connectivity index is 2.03. The first kappa shape index (κ1) is 15.1. The number of carbonyl (C=O) groups is 2. The third kappa shape index (κ3) is 3.64. The first-order valence-electron chi connectivity index (χ1n) is 7.66. The molecule has 20 heavy (non-hydrogen) atoms. The second kappa shape index (κ2) is 6.02. The van der Waals surface area contributed by atoms with Crippen molar-refractivity contribution < 1.29 is 14.7 Å². The molecule has 0 aromatic carbocycles. The lowest BCUT2D eigenvalue weighted by molar-refractivity contribution is -0.138. The number of rotatable bonds is 2. The fraction of sp³-hybridized carbons (Fsp3) is 0.867. The standard InChI is InChI=1S/C15H26N2O3/c1-15(2)7-5-8-16(11-15)14(20)17-9-4-3-6-12(17)10-13(18)19/h12H,3-11H2,1-2H3,(H,18,19). The van der Waals surface area contributed by atoms with Gasteiger partial charge in [-0.3, -0.25) is 4.79 Å². The number of urea groups is 1. The summed E-state index contributed by atoms with van der Waals surface area (Å²) < 4.78 is 0. The Morgan fingerprint density at radius 1 is 1.20 bits per heavy atom. The van der Waals surface area contributed by atoms with Crippen LogP contribution in [0.1, 0.15) is 52.4 Å². The van der Waals surface area contributed by atoms with Crippen LogP contribution >= 0.6 is 0 Å². The molecule has 0 saturated carbocycles. The summed E-state index contributed by atoms with van der Waals surface area (Å²) in [5.41, 5.74) is 0.173. The molecule has 2 aliphatic rings. The van der Waals surface area contributed by atoms with E-state index in [0.29, 0.717) is 6.54 Å². The summed E-state index contributed by atoms with van der Waals surface area (Å²) in [5, 5.41) is 9.01. The zero-order chi connectivity index (χ0) is 14.8. The van der Waals surface area contributed by atoms with Gasteiger partial charge in [0.05, 0.1) is 6.42 Å². The Labute approximate surface area is 120 Å². The second-order valence-electron chi connectivity index (χ2n) is 6.91. The number of amides is 2. The zero-order valence-corrected chi connectivity index (χ0v) is 12.6. The molecule has 1 atom stereocenters. The van der Waals surface area contributed by atoms with Gasteiger partial charge in [0.15, 0.2) is 0 Å². The molecule has 2 amide bonds. The number of carboxylic acids is 1. The third-order valence-electron chi connectivity index (χ3n) is 4.45. The molecule has 0 aromatic rings. The number of hydrogen-bond acceptors (Lipinski definition) is 2. The highest BCUT2D eigenvalue weighted by Crippen LogP contribution is 2.30. The van der Waals surface area contributed by atoms with Gasteiger partial charge in [0.1, 0.15) is 0 Å². The minimum atomic E-state index is -0.811. The Bertz CT molecular complexity index is 381. The number of nitrogens with zero attached hydrogens (tertiary/aromatic N) is 2. The molecule has 0 aromatic heterocycles. The van der Waals surface area contributed by atoms with E-state index in [2.05, 4.69) is 13.8 Å². The van der Waals surface area contributed by atoms with Crippen LogP contribution in [0.5, 0.6) is 0 Å². The fourth-order valence-corrected chi connectivity index (χ4v) is 3.43. The van der Waals surface area contributed by atoms with Gasteiger partial charge < -0.3 is 14.9 Å². The van der Waals surface area contributed by atoms with Crippen molar-refractivity contribution in [1.82, 2.24) is 9.80 Å². The van der Waals surface area contributed by atoms with Crippen molar-refractivity contribution in [2.75, 3.05) is 19.6 Å². The summed E-state index contributed by atoms with van der Waals surface area (Å²) in [5.74, 6) is -0.811. The van der Waals surface area contributed by atoms with Gasteiger partial charge in [-0.1, -0.05) is 13.8 Å². The highest BCUT2D eigenvalue weighted by molar-refractivity contribution is 5.76. The summed E-state index contributed by atoms with van der Waals surface area (Å²) in [6, 6.07) is -0.0810. The summed E-state index contributed by atoms with van der Waals surface area (Å²) in [7, 11) is 0. The van der Waals surface area contributed by atoms with E-state index in [9.17, 15) is 9.59 Å². The van der Waals surface area contributed by atoms with Gasteiger partial charge in [0, 0.05) is 25.7 Å². The Morgan fingerprint density at radius 3 is 2.60 bits per heavy atom. The van der Waals surface area contributed by atoms with Gasteiger partial charge in [0.2, 0.25) is 0 Å². The molecule has 2 aliphatic heterocycles. The van der Waals surface area contributed by atoms with Crippen molar-refractivity contribution in [3.05, 3.63) is 0 Å². The minimum Gasteiger partial charge on any atom is -0.481 e. The molecule has 0 aliphatic carbocycles. The molecule has 2 heterocycles. The number of hydrogen-bond donors (Lipinski definition) is 1. The van der Waals surface area contributed by atoms with Gasteiger partial charge >= 0.3 is 12.0 Å². The van der Waals surface area contributed by atoms with Gasteiger partial charge in [-0.25, -0.2) is 4.79 Å². The average Bonchev–Trinajstić information content (AvgIpc) is 2.36. The predicted molar refractivity (Wildman–Crippen MR) is 76.6 cm³/mol. The molecule has 5 nitrogen and oxygen atoms in total. The first-order valence-corrected chi connectivity index (χ1v) is 7.66. The van der Waals surface area contributed by atoms with E-state index in [1.165, 1.54) is 0 Å². The zero-order valence-electron chi connectivity index (χ0n) is 12.6. The van der Waals surface area contributed by atoms with Gasteiger partial charge in [0.25, 0.3) is 0 Å². The molecular weight excluding hydrogens is 256 g/mol. The smallest absolute Gasteiger partial charge is 0.320 e. The number of carboxylic acid groups (broad SMARTS) is 1. The molecule has 2 rings (SSSR count). The Hall–Kier alpha value is -1.26. The van der Waals surface area contributed by atoms with E-state index in [4.69, 9.17) is 5.11 Å². The molecule has 5 heteroatoms. The van der Waals surface area contributed by atoms with Crippen molar-refractivity contribution in [2.24, 2.45) is 5.41 Å². The van der Waals surface area contributed by atoms with Crippen LogP contribution in [-0.4, -0.2) is 52.6 Å². The van der Waals surface area contributed by atoms with Crippen LogP contribution in [0.2, 0.25) is 0 Å². The van der Waals surface area contributed by atoms with E-state index in [1.54, 1.807) is 4.90 Å². The van der Waals surface area contributed by atoms with Crippen LogP contribution in [0.15, 0.2) is 0 Å². The molecule has 0 spiro atoms. The van der Waals surface area contributed by atoms with Gasteiger partial charge in [-0.2, -0.15) is 0 Å². The maximum absolute atomic E-state index is 12.7. The lowest BCUT2D eigenvalue weighted by Gasteiger charge is -2.43. The summed E-state index contributed by atoms with van der Waals surface area (Å²) in [4.78, 5) is 27.4. The molecule has 1 unspecified atom stereocenters. The second-order valence-corrected chi connectivity index (χ2v) is 6.91. The SMILES string of the molecule is CC1(C)CCCN(C(=O)N2CCCCC2CC(=O)O)C1. The molecule has 1 N–H and O–H groups in total. The first-order chi connectivity index (χ1) is 9.39. The molecule has 114 valence electrons. The van der Waals surface area contributed by atoms with Crippen LogP contribution in [0.3, 0.4) is 0 Å². The van der Waals surface area contributed by atoms with E-state index in [1.807, 2.05) is 4.90 Å². The van der Waals surface area contributed by atoms with E-state index in [0.717, 1.165) is 45.2 Å². The average molecular weight is 282 g/mol. The maximum Gasteiger partial charge on any atom is 0.320 e. The summed E-state index contributed by atoms with van der Waals surface area (Å²) in [6.07, 6.45) is 5.08. The lowest BCUT2D eigenvalue weighted by Crippen LogP contribution is -2.54. The van der Waals surface area contributed by atoms with Crippen LogP contribution in [0, 0.1) is 5.41 Å². The number of carbonyl (C=O) groups excluding carboxylic acids is 1. The van der Waals surface area contributed by atoms with E-state index in [-0.39, 0.29) is 23.9 Å². The Morgan fingerprint density at radius 2 is 1.95 bits per heavy atom. The maximum atomic E-state index is 12.7. The molecule has 0 radical (unpaired) electrons. The normalized spacial score (nSPS) is 26.4. The number of likely N-dealkylation sites (tertiary alicyclic amines) is 2. The largest absolute Gasteiger partial charge is 0.481 e. The van der Waals surface area contributed by atoms with Crippen LogP contribution in [-0.2, 0) is 4.79 Å².